The number of carbonyl (C=O) groups is 1. The van der Waals surface area contributed by atoms with Crippen molar-refractivity contribution in [3.05, 3.63) is 35.9 Å². The Kier molecular flexibility index (Phi) is 6.59. The van der Waals surface area contributed by atoms with E-state index in [9.17, 15) is 4.79 Å². The van der Waals surface area contributed by atoms with Crippen molar-refractivity contribution in [2.24, 2.45) is 10.9 Å². The van der Waals surface area contributed by atoms with Gasteiger partial charge in [-0.3, -0.25) is 4.79 Å². The lowest BCUT2D eigenvalue weighted by atomic mass is 10.0. The predicted octanol–water partition coefficient (Wildman–Crippen LogP) is 3.45. The molecule has 0 spiro atoms. The quantitative estimate of drug-likeness (QED) is 0.760. The molecule has 0 fully saturated rings. The third kappa shape index (κ3) is 4.40. The van der Waals surface area contributed by atoms with Crippen LogP contribution in [0.1, 0.15) is 46.3 Å². The number of aliphatic imine (C=N–C) groups is 1. The average molecular weight is 346 g/mol. The van der Waals surface area contributed by atoms with E-state index in [0.717, 1.165) is 5.56 Å². The summed E-state index contributed by atoms with van der Waals surface area (Å²) in [5.74, 6) is 0.152. The van der Waals surface area contributed by atoms with Gasteiger partial charge in [0.15, 0.2) is 5.90 Å². The molecule has 25 heavy (non-hydrogen) atoms. The number of amides is 1. The summed E-state index contributed by atoms with van der Waals surface area (Å²) in [5.41, 5.74) is 1.05. The molecule has 1 aliphatic heterocycles. The van der Waals surface area contributed by atoms with Crippen LogP contribution < -0.4 is 0 Å². The standard InChI is InChI=1S/C20H30N2O3/c1-13(2)22(14(3)4)20(23)15(5)19-21-17(12-24-6)18(25-19)16-10-8-7-9-11-16/h7-11,13-15,17-18H,12H2,1-6H3/t15?,17-,18-/m0/s1. The predicted molar refractivity (Wildman–Crippen MR) is 99.6 cm³/mol. The number of carbonyl (C=O) groups excluding carboxylic acids is 1. The molecule has 1 aromatic rings. The Morgan fingerprint density at radius 2 is 1.76 bits per heavy atom. The molecule has 138 valence electrons. The molecule has 0 N–H and O–H groups in total. The maximum Gasteiger partial charge on any atom is 0.235 e. The first-order valence-electron chi connectivity index (χ1n) is 8.97. The molecule has 1 aromatic carbocycles. The molecule has 0 radical (unpaired) electrons. The highest BCUT2D eigenvalue weighted by Crippen LogP contribution is 2.32. The molecule has 1 unspecified atom stereocenters. The monoisotopic (exact) mass is 346 g/mol. The molecule has 2 rings (SSSR count). The highest BCUT2D eigenvalue weighted by Gasteiger charge is 2.38. The second kappa shape index (κ2) is 8.48. The van der Waals surface area contributed by atoms with E-state index in [1.165, 1.54) is 0 Å². The van der Waals surface area contributed by atoms with Gasteiger partial charge in [-0.1, -0.05) is 30.3 Å². The lowest BCUT2D eigenvalue weighted by Crippen LogP contribution is -2.46. The Balaban J connectivity index is 2.21. The summed E-state index contributed by atoms with van der Waals surface area (Å²) in [6.07, 6.45) is -0.210. The fourth-order valence-corrected chi connectivity index (χ4v) is 3.35. The molecule has 1 heterocycles. The van der Waals surface area contributed by atoms with Crippen molar-refractivity contribution >= 4 is 11.8 Å². The normalized spacial score (nSPS) is 21.2. The minimum Gasteiger partial charge on any atom is -0.470 e. The molecule has 0 bridgehead atoms. The largest absolute Gasteiger partial charge is 0.470 e. The van der Waals surface area contributed by atoms with Gasteiger partial charge in [-0.25, -0.2) is 4.99 Å². The fourth-order valence-electron chi connectivity index (χ4n) is 3.35. The summed E-state index contributed by atoms with van der Waals surface area (Å²) in [7, 11) is 1.66. The summed E-state index contributed by atoms with van der Waals surface area (Å²) in [6, 6.07) is 10.1. The summed E-state index contributed by atoms with van der Waals surface area (Å²) >= 11 is 0. The van der Waals surface area contributed by atoms with Gasteiger partial charge in [-0.2, -0.15) is 0 Å². The van der Waals surface area contributed by atoms with E-state index in [-0.39, 0.29) is 30.1 Å². The van der Waals surface area contributed by atoms with E-state index in [0.29, 0.717) is 12.5 Å². The van der Waals surface area contributed by atoms with Gasteiger partial charge in [-0.05, 0) is 40.2 Å². The van der Waals surface area contributed by atoms with Gasteiger partial charge in [0.1, 0.15) is 18.1 Å². The maximum absolute atomic E-state index is 13.0. The van der Waals surface area contributed by atoms with E-state index in [4.69, 9.17) is 9.47 Å². The Morgan fingerprint density at radius 3 is 2.28 bits per heavy atom. The number of methoxy groups -OCH3 is 1. The van der Waals surface area contributed by atoms with E-state index >= 15 is 0 Å². The molecule has 5 nitrogen and oxygen atoms in total. The first-order valence-corrected chi connectivity index (χ1v) is 8.97. The average Bonchev–Trinajstić information content (AvgIpc) is 2.98. The molecule has 0 saturated heterocycles. The van der Waals surface area contributed by atoms with Crippen LogP contribution >= 0.6 is 0 Å². The van der Waals surface area contributed by atoms with Crippen molar-refractivity contribution in [1.29, 1.82) is 0 Å². The van der Waals surface area contributed by atoms with Crippen molar-refractivity contribution in [1.82, 2.24) is 4.90 Å². The molecule has 1 amide bonds. The Labute approximate surface area is 151 Å². The highest BCUT2D eigenvalue weighted by atomic mass is 16.5. The Morgan fingerprint density at radius 1 is 1.16 bits per heavy atom. The first kappa shape index (κ1) is 19.4. The zero-order chi connectivity index (χ0) is 18.6. The topological polar surface area (TPSA) is 51.1 Å². The number of benzene rings is 1. The lowest BCUT2D eigenvalue weighted by Gasteiger charge is -2.33. The van der Waals surface area contributed by atoms with Crippen LogP contribution in [-0.2, 0) is 14.3 Å². The van der Waals surface area contributed by atoms with Gasteiger partial charge in [0.2, 0.25) is 5.91 Å². The third-order valence-electron chi connectivity index (χ3n) is 4.46. The van der Waals surface area contributed by atoms with Crippen molar-refractivity contribution in [2.45, 2.75) is 58.8 Å². The van der Waals surface area contributed by atoms with Crippen LogP contribution in [0.15, 0.2) is 35.3 Å². The van der Waals surface area contributed by atoms with Gasteiger partial charge in [0, 0.05) is 19.2 Å². The summed E-state index contributed by atoms with van der Waals surface area (Å²) in [6.45, 7) is 10.5. The van der Waals surface area contributed by atoms with Gasteiger partial charge < -0.3 is 14.4 Å². The van der Waals surface area contributed by atoms with E-state index in [2.05, 4.69) is 4.99 Å². The second-order valence-electron chi connectivity index (χ2n) is 7.09. The third-order valence-corrected chi connectivity index (χ3v) is 4.46. The summed E-state index contributed by atoms with van der Waals surface area (Å²) < 4.78 is 11.4. The zero-order valence-electron chi connectivity index (χ0n) is 16.1. The van der Waals surface area contributed by atoms with Crippen molar-refractivity contribution in [2.75, 3.05) is 13.7 Å². The van der Waals surface area contributed by atoms with Crippen LogP contribution in [-0.4, -0.2) is 48.5 Å². The SMILES string of the molecule is COC[C@@H]1N=C(C(C)C(=O)N(C(C)C)C(C)C)O[C@H]1c1ccccc1. The molecular weight excluding hydrogens is 316 g/mol. The van der Waals surface area contributed by atoms with E-state index < -0.39 is 5.92 Å². The van der Waals surface area contributed by atoms with E-state index in [1.54, 1.807) is 7.11 Å². The number of ether oxygens (including phenoxy) is 2. The van der Waals surface area contributed by atoms with Crippen molar-refractivity contribution in [3.8, 4) is 0 Å². The lowest BCUT2D eigenvalue weighted by molar-refractivity contribution is -0.136. The van der Waals surface area contributed by atoms with Crippen LogP contribution in [0.3, 0.4) is 0 Å². The van der Waals surface area contributed by atoms with Crippen LogP contribution in [0.2, 0.25) is 0 Å². The van der Waals surface area contributed by atoms with Crippen molar-refractivity contribution < 1.29 is 14.3 Å². The smallest absolute Gasteiger partial charge is 0.235 e. The Hall–Kier alpha value is -1.88. The number of hydrogen-bond acceptors (Lipinski definition) is 4. The molecular formula is C20H30N2O3. The van der Waals surface area contributed by atoms with Gasteiger partial charge in [0.25, 0.3) is 0 Å². The number of hydrogen-bond donors (Lipinski definition) is 0. The van der Waals surface area contributed by atoms with Crippen molar-refractivity contribution in [3.63, 3.8) is 0 Å². The Bertz CT molecular complexity index is 590. The second-order valence-corrected chi connectivity index (χ2v) is 7.09. The summed E-state index contributed by atoms with van der Waals surface area (Å²) in [5, 5.41) is 0. The van der Waals surface area contributed by atoms with Crippen LogP contribution in [0.4, 0.5) is 0 Å². The highest BCUT2D eigenvalue weighted by molar-refractivity contribution is 6.00. The van der Waals surface area contributed by atoms with Crippen LogP contribution in [0.25, 0.3) is 0 Å². The minimum absolute atomic E-state index is 0.0497. The zero-order valence-corrected chi connectivity index (χ0v) is 16.1. The molecule has 1 aliphatic rings. The summed E-state index contributed by atoms with van der Waals surface area (Å²) in [4.78, 5) is 19.5. The molecule has 0 aromatic heterocycles. The van der Waals surface area contributed by atoms with Crippen LogP contribution in [0.5, 0.6) is 0 Å². The first-order chi connectivity index (χ1) is 11.9. The minimum atomic E-state index is -0.405. The molecule has 0 saturated carbocycles. The van der Waals surface area contributed by atoms with E-state index in [1.807, 2.05) is 69.9 Å². The molecule has 5 heteroatoms. The van der Waals surface area contributed by atoms with Gasteiger partial charge in [-0.15, -0.1) is 0 Å². The van der Waals surface area contributed by atoms with Gasteiger partial charge in [0.05, 0.1) is 6.61 Å². The van der Waals surface area contributed by atoms with Crippen LogP contribution in [0, 0.1) is 5.92 Å². The number of nitrogens with zero attached hydrogens (tertiary/aromatic N) is 2. The molecule has 0 aliphatic carbocycles. The van der Waals surface area contributed by atoms with Gasteiger partial charge >= 0.3 is 0 Å². The number of rotatable bonds is 7. The maximum atomic E-state index is 13.0. The fraction of sp³-hybridized carbons (Fsp3) is 0.600. The molecule has 3 atom stereocenters.